The minimum Gasteiger partial charge on any atom is -0.361 e. The van der Waals surface area contributed by atoms with E-state index in [0.29, 0.717) is 28.1 Å². The first-order valence-corrected chi connectivity index (χ1v) is 8.06. The largest absolute Gasteiger partial charge is 0.361 e. The smallest absolute Gasteiger partial charge is 0.278 e. The minimum absolute atomic E-state index is 0.00472. The number of aryl methyl sites for hydroxylation is 2. The number of benzene rings is 1. The van der Waals surface area contributed by atoms with E-state index >= 15 is 0 Å². The van der Waals surface area contributed by atoms with Gasteiger partial charge in [-0.25, -0.2) is 8.78 Å². The van der Waals surface area contributed by atoms with Gasteiger partial charge in [-0.1, -0.05) is 16.8 Å². The van der Waals surface area contributed by atoms with E-state index in [-0.39, 0.29) is 17.9 Å². The van der Waals surface area contributed by atoms with Crippen LogP contribution in [0.5, 0.6) is 0 Å². The fourth-order valence-corrected chi connectivity index (χ4v) is 2.64. The molecule has 9 heteroatoms. The Morgan fingerprint density at radius 1 is 1.31 bits per heavy atom. The first kappa shape index (κ1) is 18.1. The number of carbonyl (C=O) groups excluding carboxylic acids is 1. The summed E-state index contributed by atoms with van der Waals surface area (Å²) in [6.45, 7) is 5.45. The molecule has 2 aromatic heterocycles. The second-order valence-electron chi connectivity index (χ2n) is 5.79. The van der Waals surface area contributed by atoms with Gasteiger partial charge in [0.2, 0.25) is 0 Å². The van der Waals surface area contributed by atoms with Crippen molar-refractivity contribution in [2.75, 3.05) is 5.32 Å². The van der Waals surface area contributed by atoms with Crippen molar-refractivity contribution in [1.82, 2.24) is 14.9 Å². The SMILES string of the molecule is Cc1nn(Cc2c(C(=O)Nc3ccc(F)cc3F)noc2C)c(C)c1Cl. The first-order chi connectivity index (χ1) is 12.3. The summed E-state index contributed by atoms with van der Waals surface area (Å²) in [6, 6.07) is 2.87. The Kier molecular flexibility index (Phi) is 4.78. The Morgan fingerprint density at radius 3 is 2.65 bits per heavy atom. The zero-order chi connectivity index (χ0) is 19.0. The summed E-state index contributed by atoms with van der Waals surface area (Å²) in [7, 11) is 0. The van der Waals surface area contributed by atoms with Gasteiger partial charge in [-0.15, -0.1) is 0 Å². The molecule has 1 N–H and O–H groups in total. The van der Waals surface area contributed by atoms with E-state index in [4.69, 9.17) is 16.1 Å². The maximum atomic E-state index is 13.8. The number of rotatable bonds is 4. The van der Waals surface area contributed by atoms with Gasteiger partial charge in [0.05, 0.1) is 28.6 Å². The Balaban J connectivity index is 1.89. The number of halogens is 3. The Bertz CT molecular complexity index is 997. The molecule has 0 aliphatic heterocycles. The van der Waals surface area contributed by atoms with E-state index in [9.17, 15) is 13.6 Å². The Hall–Kier alpha value is -2.74. The number of aromatic nitrogens is 3. The van der Waals surface area contributed by atoms with Gasteiger partial charge in [0.25, 0.3) is 5.91 Å². The van der Waals surface area contributed by atoms with Crippen molar-refractivity contribution in [3.05, 3.63) is 63.3 Å². The summed E-state index contributed by atoms with van der Waals surface area (Å²) >= 11 is 6.14. The van der Waals surface area contributed by atoms with Gasteiger partial charge in [-0.2, -0.15) is 5.10 Å². The highest BCUT2D eigenvalue weighted by Gasteiger charge is 2.22. The van der Waals surface area contributed by atoms with Crippen LogP contribution in [0, 0.1) is 32.4 Å². The lowest BCUT2D eigenvalue weighted by Crippen LogP contribution is -2.17. The van der Waals surface area contributed by atoms with Gasteiger partial charge in [0, 0.05) is 11.6 Å². The number of hydrogen-bond donors (Lipinski definition) is 1. The molecule has 2 heterocycles. The quantitative estimate of drug-likeness (QED) is 0.741. The molecule has 3 aromatic rings. The van der Waals surface area contributed by atoms with Crippen molar-refractivity contribution >= 4 is 23.2 Å². The van der Waals surface area contributed by atoms with Crippen molar-refractivity contribution in [3.8, 4) is 0 Å². The van der Waals surface area contributed by atoms with Gasteiger partial charge >= 0.3 is 0 Å². The van der Waals surface area contributed by atoms with Crippen LogP contribution in [0.1, 0.15) is 33.2 Å². The van der Waals surface area contributed by atoms with Gasteiger partial charge in [-0.3, -0.25) is 9.48 Å². The highest BCUT2D eigenvalue weighted by atomic mass is 35.5. The van der Waals surface area contributed by atoms with Crippen molar-refractivity contribution in [1.29, 1.82) is 0 Å². The molecule has 0 radical (unpaired) electrons. The normalized spacial score (nSPS) is 11.0. The van der Waals surface area contributed by atoms with E-state index < -0.39 is 17.5 Å². The molecule has 26 heavy (non-hydrogen) atoms. The highest BCUT2D eigenvalue weighted by molar-refractivity contribution is 6.31. The molecule has 0 unspecified atom stereocenters. The van der Waals surface area contributed by atoms with E-state index in [1.165, 1.54) is 0 Å². The fourth-order valence-electron chi connectivity index (χ4n) is 2.51. The van der Waals surface area contributed by atoms with Crippen LogP contribution in [0.25, 0.3) is 0 Å². The van der Waals surface area contributed by atoms with Crippen LogP contribution >= 0.6 is 11.6 Å². The van der Waals surface area contributed by atoms with Gasteiger partial charge in [0.1, 0.15) is 17.4 Å². The molecular weight excluding hydrogens is 366 g/mol. The van der Waals surface area contributed by atoms with Gasteiger partial charge in [-0.05, 0) is 32.9 Å². The molecule has 136 valence electrons. The number of nitrogens with one attached hydrogen (secondary N) is 1. The summed E-state index contributed by atoms with van der Waals surface area (Å²) in [5.41, 5.74) is 1.73. The monoisotopic (exact) mass is 380 g/mol. The molecule has 0 saturated heterocycles. The zero-order valence-electron chi connectivity index (χ0n) is 14.2. The topological polar surface area (TPSA) is 73.0 Å². The molecule has 0 bridgehead atoms. The van der Waals surface area contributed by atoms with Crippen LogP contribution in [-0.4, -0.2) is 20.8 Å². The third-order valence-electron chi connectivity index (χ3n) is 3.98. The van der Waals surface area contributed by atoms with Crippen molar-refractivity contribution in [3.63, 3.8) is 0 Å². The standard InChI is InChI=1S/C17H15ClF2N4O2/c1-8-15(18)9(2)24(22-8)7-12-10(3)26-23-16(12)17(25)21-14-5-4-11(19)6-13(14)20/h4-6H,7H2,1-3H3,(H,21,25). The second kappa shape index (κ2) is 6.87. The Labute approximate surface area is 152 Å². The summed E-state index contributed by atoms with van der Waals surface area (Å²) in [5.74, 6) is -1.86. The zero-order valence-corrected chi connectivity index (χ0v) is 15.0. The summed E-state index contributed by atoms with van der Waals surface area (Å²) in [5, 5.41) is 11.0. The van der Waals surface area contributed by atoms with E-state index in [0.717, 1.165) is 17.8 Å². The second-order valence-corrected chi connectivity index (χ2v) is 6.16. The number of amides is 1. The lowest BCUT2D eigenvalue weighted by Gasteiger charge is -2.07. The number of nitrogens with zero attached hydrogens (tertiary/aromatic N) is 3. The number of anilines is 1. The van der Waals surface area contributed by atoms with Crippen molar-refractivity contribution < 1.29 is 18.1 Å². The highest BCUT2D eigenvalue weighted by Crippen LogP contribution is 2.23. The maximum Gasteiger partial charge on any atom is 0.278 e. The molecule has 6 nitrogen and oxygen atoms in total. The van der Waals surface area contributed by atoms with Crippen LogP contribution in [0.3, 0.4) is 0 Å². The van der Waals surface area contributed by atoms with Crippen LogP contribution in [0.15, 0.2) is 22.7 Å². The third-order valence-corrected chi connectivity index (χ3v) is 4.53. The summed E-state index contributed by atoms with van der Waals surface area (Å²) in [4.78, 5) is 12.5. The molecule has 0 fully saturated rings. The average molecular weight is 381 g/mol. The lowest BCUT2D eigenvalue weighted by atomic mass is 10.1. The molecule has 0 atom stereocenters. The molecular formula is C17H15ClF2N4O2. The summed E-state index contributed by atoms with van der Waals surface area (Å²) in [6.07, 6.45) is 0. The van der Waals surface area contributed by atoms with Crippen LogP contribution < -0.4 is 5.32 Å². The fraction of sp³-hybridized carbons (Fsp3) is 0.235. The molecule has 0 aliphatic rings. The Morgan fingerprint density at radius 2 is 2.04 bits per heavy atom. The molecule has 3 rings (SSSR count). The van der Waals surface area contributed by atoms with E-state index in [1.807, 2.05) is 0 Å². The predicted octanol–water partition coefficient (Wildman–Crippen LogP) is 4.03. The molecule has 0 spiro atoms. The lowest BCUT2D eigenvalue weighted by molar-refractivity contribution is 0.101. The molecule has 1 amide bonds. The third kappa shape index (κ3) is 3.32. The molecule has 1 aromatic carbocycles. The van der Waals surface area contributed by atoms with Crippen LogP contribution in [0.2, 0.25) is 5.02 Å². The van der Waals surface area contributed by atoms with Crippen molar-refractivity contribution in [2.24, 2.45) is 0 Å². The minimum atomic E-state index is -0.884. The van der Waals surface area contributed by atoms with Gasteiger partial charge < -0.3 is 9.84 Å². The number of carbonyl (C=O) groups is 1. The average Bonchev–Trinajstić information content (AvgIpc) is 3.06. The summed E-state index contributed by atoms with van der Waals surface area (Å²) < 4.78 is 33.5. The molecule has 0 aliphatic carbocycles. The number of hydrogen-bond acceptors (Lipinski definition) is 4. The van der Waals surface area contributed by atoms with Crippen LogP contribution in [0.4, 0.5) is 14.5 Å². The predicted molar refractivity (Wildman–Crippen MR) is 91.4 cm³/mol. The maximum absolute atomic E-state index is 13.8. The van der Waals surface area contributed by atoms with Gasteiger partial charge in [0.15, 0.2) is 5.69 Å². The molecule has 0 saturated carbocycles. The van der Waals surface area contributed by atoms with Crippen LogP contribution in [-0.2, 0) is 6.54 Å². The van der Waals surface area contributed by atoms with E-state index in [1.54, 1.807) is 25.5 Å². The van der Waals surface area contributed by atoms with E-state index in [2.05, 4.69) is 15.6 Å². The van der Waals surface area contributed by atoms with Crippen molar-refractivity contribution in [2.45, 2.75) is 27.3 Å². The first-order valence-electron chi connectivity index (χ1n) is 7.69.